The Morgan fingerprint density at radius 1 is 1.27 bits per heavy atom. The molecule has 0 aliphatic carbocycles. The van der Waals surface area contributed by atoms with Gasteiger partial charge in [0, 0.05) is 30.9 Å². The molecule has 3 aromatic heterocycles. The second kappa shape index (κ2) is 8.28. The molecule has 0 bridgehead atoms. The smallest absolute Gasteiger partial charge is 0.407 e. The van der Waals surface area contributed by atoms with Gasteiger partial charge in [0.15, 0.2) is 0 Å². The number of hydrogen-bond acceptors (Lipinski definition) is 4. The van der Waals surface area contributed by atoms with Gasteiger partial charge in [-0.15, -0.1) is 0 Å². The van der Waals surface area contributed by atoms with Crippen LogP contribution < -0.4 is 0 Å². The highest BCUT2D eigenvalue weighted by atomic mass is 19.1. The number of benzene rings is 1. The maximum Gasteiger partial charge on any atom is 0.407 e. The summed E-state index contributed by atoms with van der Waals surface area (Å²) in [5.74, 6) is -1.49. The van der Waals surface area contributed by atoms with E-state index in [-0.39, 0.29) is 37.4 Å². The van der Waals surface area contributed by atoms with Gasteiger partial charge in [0.05, 0.1) is 42.4 Å². The fourth-order valence-electron chi connectivity index (χ4n) is 4.20. The third-order valence-electron chi connectivity index (χ3n) is 5.82. The van der Waals surface area contributed by atoms with Gasteiger partial charge < -0.3 is 19.1 Å². The van der Waals surface area contributed by atoms with Crippen molar-refractivity contribution in [1.29, 1.82) is 0 Å². The Labute approximate surface area is 187 Å². The highest BCUT2D eigenvalue weighted by Gasteiger charge is 2.28. The molecule has 0 radical (unpaired) electrons. The highest BCUT2D eigenvalue weighted by molar-refractivity contribution is 5.73. The molecular weight excluding hydrogens is 432 g/mol. The molecule has 8 nitrogen and oxygen atoms in total. The summed E-state index contributed by atoms with van der Waals surface area (Å²) in [6, 6.07) is 6.22. The molecule has 1 aliphatic heterocycles. The molecule has 10 heteroatoms. The van der Waals surface area contributed by atoms with Crippen molar-refractivity contribution in [1.82, 2.24) is 24.5 Å². The Balaban J connectivity index is 1.61. The van der Waals surface area contributed by atoms with Gasteiger partial charge in [0.2, 0.25) is 0 Å². The van der Waals surface area contributed by atoms with Crippen molar-refractivity contribution >= 4 is 11.7 Å². The zero-order valence-electron chi connectivity index (χ0n) is 17.8. The lowest BCUT2D eigenvalue weighted by Gasteiger charge is -2.31. The van der Waals surface area contributed by atoms with E-state index in [9.17, 15) is 9.90 Å². The van der Waals surface area contributed by atoms with Crippen molar-refractivity contribution in [3.05, 3.63) is 65.7 Å². The number of H-pyrrole nitrogens is 1. The lowest BCUT2D eigenvalue weighted by Crippen LogP contribution is -2.45. The summed E-state index contributed by atoms with van der Waals surface area (Å²) in [6.45, 7) is 2.61. The summed E-state index contributed by atoms with van der Waals surface area (Å²) >= 11 is 0. The van der Waals surface area contributed by atoms with Crippen molar-refractivity contribution in [3.63, 3.8) is 0 Å². The first-order valence-electron chi connectivity index (χ1n) is 10.5. The molecule has 5 rings (SSSR count). The second-order valence-corrected chi connectivity index (χ2v) is 8.07. The Hall–Kier alpha value is -3.79. The van der Waals surface area contributed by atoms with Crippen LogP contribution in [-0.2, 0) is 11.2 Å². The van der Waals surface area contributed by atoms with E-state index in [4.69, 9.17) is 4.74 Å². The Kier molecular flexibility index (Phi) is 5.29. The fraction of sp³-hybridized carbons (Fsp3) is 0.261. The van der Waals surface area contributed by atoms with Gasteiger partial charge in [-0.3, -0.25) is 5.10 Å². The van der Waals surface area contributed by atoms with Crippen LogP contribution >= 0.6 is 0 Å². The molecule has 0 saturated carbocycles. The van der Waals surface area contributed by atoms with Crippen LogP contribution in [0.25, 0.3) is 28.0 Å². The van der Waals surface area contributed by atoms with Crippen molar-refractivity contribution in [2.75, 3.05) is 19.7 Å². The molecule has 1 saturated heterocycles. The van der Waals surface area contributed by atoms with Crippen LogP contribution in [0.3, 0.4) is 0 Å². The molecule has 1 amide bonds. The van der Waals surface area contributed by atoms with E-state index < -0.39 is 23.8 Å². The summed E-state index contributed by atoms with van der Waals surface area (Å²) in [5, 5.41) is 15.8. The average molecular weight is 453 g/mol. The number of fused-ring (bicyclic) bond motifs is 1. The van der Waals surface area contributed by atoms with Gasteiger partial charge >= 0.3 is 6.09 Å². The SMILES string of the molecule is Cc1ccn2c(CC3CN(C(=O)O)CCO3)c(-c3c(F)cc(-c4cn[nH]c4)cc3F)nc2c1. The number of imidazole rings is 1. The number of rotatable bonds is 4. The number of carboxylic acid groups (broad SMARTS) is 1. The molecule has 1 atom stereocenters. The summed E-state index contributed by atoms with van der Waals surface area (Å²) in [7, 11) is 0. The van der Waals surface area contributed by atoms with Crippen molar-refractivity contribution in [2.24, 2.45) is 0 Å². The number of aryl methyl sites for hydroxylation is 1. The number of aromatic amines is 1. The Morgan fingerprint density at radius 3 is 2.76 bits per heavy atom. The van der Waals surface area contributed by atoms with Crippen LogP contribution in [0.4, 0.5) is 13.6 Å². The first-order chi connectivity index (χ1) is 15.9. The molecule has 4 heterocycles. The van der Waals surface area contributed by atoms with E-state index in [0.29, 0.717) is 22.5 Å². The van der Waals surface area contributed by atoms with Gasteiger partial charge in [-0.2, -0.15) is 5.10 Å². The van der Waals surface area contributed by atoms with E-state index in [1.54, 1.807) is 16.8 Å². The standard InChI is InChI=1S/C23H21F2N5O3/c1-13-2-3-30-19(9-16-12-29(23(31)32)4-5-33-16)22(28-20(30)6-13)21-17(24)7-14(8-18(21)25)15-10-26-27-11-15/h2-3,6-8,10-11,16H,4-5,9,12H2,1H3,(H,26,27)(H,31,32). The molecular formula is C23H21F2N5O3. The molecule has 1 fully saturated rings. The lowest BCUT2D eigenvalue weighted by atomic mass is 10.0. The van der Waals surface area contributed by atoms with E-state index in [2.05, 4.69) is 15.2 Å². The van der Waals surface area contributed by atoms with Gasteiger partial charge in [-0.05, 0) is 42.3 Å². The number of pyridine rings is 1. The predicted molar refractivity (Wildman–Crippen MR) is 116 cm³/mol. The average Bonchev–Trinajstić information content (AvgIpc) is 3.42. The normalized spacial score (nSPS) is 16.5. The number of aromatic nitrogens is 4. The minimum Gasteiger partial charge on any atom is -0.465 e. The molecule has 2 N–H and O–H groups in total. The lowest BCUT2D eigenvalue weighted by molar-refractivity contribution is -0.0214. The summed E-state index contributed by atoms with van der Waals surface area (Å²) in [4.78, 5) is 17.2. The van der Waals surface area contributed by atoms with E-state index in [1.165, 1.54) is 23.2 Å². The van der Waals surface area contributed by atoms with Crippen molar-refractivity contribution < 1.29 is 23.4 Å². The summed E-state index contributed by atoms with van der Waals surface area (Å²) in [6.07, 6.45) is 3.59. The molecule has 33 heavy (non-hydrogen) atoms. The maximum atomic E-state index is 15.3. The quantitative estimate of drug-likeness (QED) is 0.489. The third-order valence-corrected chi connectivity index (χ3v) is 5.82. The number of ether oxygens (including phenoxy) is 1. The van der Waals surface area contributed by atoms with Crippen molar-refractivity contribution in [3.8, 4) is 22.4 Å². The van der Waals surface area contributed by atoms with Crippen LogP contribution in [0.1, 0.15) is 11.3 Å². The van der Waals surface area contributed by atoms with E-state index in [0.717, 1.165) is 5.56 Å². The highest BCUT2D eigenvalue weighted by Crippen LogP contribution is 2.34. The van der Waals surface area contributed by atoms with Gasteiger partial charge in [0.25, 0.3) is 0 Å². The van der Waals surface area contributed by atoms with Crippen LogP contribution in [0.5, 0.6) is 0 Å². The van der Waals surface area contributed by atoms with Crippen molar-refractivity contribution in [2.45, 2.75) is 19.4 Å². The number of morpholine rings is 1. The Morgan fingerprint density at radius 2 is 2.06 bits per heavy atom. The number of nitrogens with zero attached hydrogens (tertiary/aromatic N) is 4. The number of carbonyl (C=O) groups is 1. The van der Waals surface area contributed by atoms with Crippen LogP contribution in [-0.4, -0.2) is 61.5 Å². The summed E-state index contributed by atoms with van der Waals surface area (Å²) < 4.78 is 38.1. The molecule has 1 unspecified atom stereocenters. The zero-order valence-corrected chi connectivity index (χ0v) is 17.8. The monoisotopic (exact) mass is 453 g/mol. The fourth-order valence-corrected chi connectivity index (χ4v) is 4.20. The maximum absolute atomic E-state index is 15.3. The van der Waals surface area contributed by atoms with Crippen LogP contribution in [0.2, 0.25) is 0 Å². The molecule has 170 valence electrons. The summed E-state index contributed by atoms with van der Waals surface area (Å²) in [5.41, 5.74) is 2.91. The number of halogens is 2. The predicted octanol–water partition coefficient (Wildman–Crippen LogP) is 3.90. The van der Waals surface area contributed by atoms with Gasteiger partial charge in [-0.25, -0.2) is 18.6 Å². The molecule has 4 aromatic rings. The first kappa shape index (κ1) is 21.1. The van der Waals surface area contributed by atoms with Gasteiger partial charge in [0.1, 0.15) is 17.3 Å². The largest absolute Gasteiger partial charge is 0.465 e. The molecule has 0 spiro atoms. The van der Waals surface area contributed by atoms with Crippen LogP contribution in [0.15, 0.2) is 42.9 Å². The minimum atomic E-state index is -1.02. The molecule has 1 aromatic carbocycles. The Bertz CT molecular complexity index is 1310. The van der Waals surface area contributed by atoms with E-state index >= 15 is 8.78 Å². The first-order valence-corrected chi connectivity index (χ1v) is 10.5. The topological polar surface area (TPSA) is 95.8 Å². The number of hydrogen-bond donors (Lipinski definition) is 2. The second-order valence-electron chi connectivity index (χ2n) is 8.07. The number of nitrogens with one attached hydrogen (secondary N) is 1. The zero-order chi connectivity index (χ0) is 23.1. The van der Waals surface area contributed by atoms with Crippen LogP contribution in [0, 0.1) is 18.6 Å². The van der Waals surface area contributed by atoms with E-state index in [1.807, 2.05) is 19.1 Å². The molecule has 1 aliphatic rings. The minimum absolute atomic E-state index is 0.165. The third kappa shape index (κ3) is 3.93. The number of amides is 1. The van der Waals surface area contributed by atoms with Gasteiger partial charge in [-0.1, -0.05) is 0 Å².